The number of carbonyl (C=O) groups is 2. The van der Waals surface area contributed by atoms with Gasteiger partial charge in [-0.3, -0.25) is 9.59 Å². The van der Waals surface area contributed by atoms with E-state index >= 15 is 0 Å². The molecule has 6 heteroatoms. The monoisotopic (exact) mass is 332 g/mol. The van der Waals surface area contributed by atoms with Crippen molar-refractivity contribution >= 4 is 17.3 Å². The number of carbonyl (C=O) groups excluding carboxylic acids is 2. The number of hydrogen-bond acceptors (Lipinski definition) is 4. The molecule has 128 valence electrons. The molecule has 0 radical (unpaired) electrons. The van der Waals surface area contributed by atoms with E-state index in [1.54, 1.807) is 13.0 Å². The van der Waals surface area contributed by atoms with E-state index in [9.17, 15) is 14.0 Å². The summed E-state index contributed by atoms with van der Waals surface area (Å²) in [5, 5.41) is 11.6. The quantitative estimate of drug-likeness (QED) is 0.428. The molecule has 1 aromatic carbocycles. The van der Waals surface area contributed by atoms with E-state index in [1.165, 1.54) is 30.3 Å². The number of nitriles is 1. The van der Waals surface area contributed by atoms with Crippen molar-refractivity contribution in [3.63, 3.8) is 0 Å². The Morgan fingerprint density at radius 2 is 2.04 bits per heavy atom. The number of amides is 1. The van der Waals surface area contributed by atoms with Crippen LogP contribution in [0.4, 0.5) is 4.39 Å². The highest BCUT2D eigenvalue weighted by molar-refractivity contribution is 6.11. The van der Waals surface area contributed by atoms with Crippen LogP contribution in [0.5, 0.6) is 0 Å². The van der Waals surface area contributed by atoms with E-state index in [2.05, 4.69) is 5.32 Å². The highest BCUT2D eigenvalue weighted by atomic mass is 19.1. The molecule has 0 unspecified atom stereocenters. The van der Waals surface area contributed by atoms with E-state index in [0.717, 1.165) is 0 Å². The van der Waals surface area contributed by atoms with Gasteiger partial charge in [0.1, 0.15) is 5.82 Å². The molecule has 24 heavy (non-hydrogen) atoms. The fourth-order valence-electron chi connectivity index (χ4n) is 1.98. The number of benzene rings is 1. The fourth-order valence-corrected chi connectivity index (χ4v) is 1.98. The van der Waals surface area contributed by atoms with Crippen LogP contribution >= 0.6 is 0 Å². The molecule has 1 atom stereocenters. The minimum Gasteiger partial charge on any atom is -0.382 e. The predicted molar refractivity (Wildman–Crippen MR) is 88.3 cm³/mol. The lowest BCUT2D eigenvalue weighted by molar-refractivity contribution is -0.129. The van der Waals surface area contributed by atoms with Crippen LogP contribution in [0.1, 0.15) is 25.8 Å². The number of nitrogens with zero attached hydrogens (tertiary/aromatic N) is 1. The van der Waals surface area contributed by atoms with Gasteiger partial charge in [0.2, 0.25) is 5.91 Å². The smallest absolute Gasteiger partial charge is 0.245 e. The molecule has 0 heterocycles. The summed E-state index contributed by atoms with van der Waals surface area (Å²) < 4.78 is 18.0. The Kier molecular flexibility index (Phi) is 8.37. The van der Waals surface area contributed by atoms with E-state index in [-0.39, 0.29) is 5.82 Å². The first kappa shape index (κ1) is 19.5. The van der Waals surface area contributed by atoms with Gasteiger partial charge in [0.15, 0.2) is 11.7 Å². The van der Waals surface area contributed by atoms with E-state index in [4.69, 9.17) is 10.00 Å². The first-order valence-electron chi connectivity index (χ1n) is 7.72. The van der Waals surface area contributed by atoms with Crippen molar-refractivity contribution in [2.45, 2.75) is 20.3 Å². The van der Waals surface area contributed by atoms with Crippen LogP contribution in [0, 0.1) is 23.1 Å². The van der Waals surface area contributed by atoms with Gasteiger partial charge in [-0.25, -0.2) is 4.39 Å². The van der Waals surface area contributed by atoms with Crippen LogP contribution in [0.2, 0.25) is 0 Å². The zero-order valence-electron chi connectivity index (χ0n) is 13.8. The minimum absolute atomic E-state index is 0.338. The van der Waals surface area contributed by atoms with Gasteiger partial charge in [-0.2, -0.15) is 5.26 Å². The maximum Gasteiger partial charge on any atom is 0.245 e. The molecule has 1 aromatic rings. The van der Waals surface area contributed by atoms with Gasteiger partial charge in [0.25, 0.3) is 0 Å². The average molecular weight is 332 g/mol. The molecule has 1 rings (SSSR count). The second-order valence-corrected chi connectivity index (χ2v) is 5.14. The second-order valence-electron chi connectivity index (χ2n) is 5.14. The lowest BCUT2D eigenvalue weighted by Gasteiger charge is -2.09. The summed E-state index contributed by atoms with van der Waals surface area (Å²) in [6.07, 6.45) is 1.84. The van der Waals surface area contributed by atoms with Gasteiger partial charge in [0.05, 0.1) is 6.07 Å². The van der Waals surface area contributed by atoms with Crippen molar-refractivity contribution in [1.29, 1.82) is 5.26 Å². The molecule has 0 saturated carbocycles. The lowest BCUT2D eigenvalue weighted by atomic mass is 9.99. The van der Waals surface area contributed by atoms with Gasteiger partial charge in [-0.1, -0.05) is 12.1 Å². The number of allylic oxidation sites excluding steroid dienone is 2. The van der Waals surface area contributed by atoms with Gasteiger partial charge in [-0.15, -0.1) is 0 Å². The fraction of sp³-hybridized carbons (Fsp3) is 0.389. The number of ether oxygens (including phenoxy) is 1. The summed E-state index contributed by atoms with van der Waals surface area (Å²) in [5.74, 6) is -2.99. The summed E-state index contributed by atoms with van der Waals surface area (Å²) in [6, 6.07) is 7.35. The summed E-state index contributed by atoms with van der Waals surface area (Å²) in [7, 11) is 0. The summed E-state index contributed by atoms with van der Waals surface area (Å²) in [4.78, 5) is 24.1. The van der Waals surface area contributed by atoms with Crippen molar-refractivity contribution < 1.29 is 18.7 Å². The maximum absolute atomic E-state index is 12.9. The Labute approximate surface area is 141 Å². The van der Waals surface area contributed by atoms with Crippen LogP contribution in [0.3, 0.4) is 0 Å². The third-order valence-electron chi connectivity index (χ3n) is 3.30. The van der Waals surface area contributed by atoms with Crippen LogP contribution < -0.4 is 5.32 Å². The summed E-state index contributed by atoms with van der Waals surface area (Å²) >= 11 is 0. The molecule has 0 aliphatic heterocycles. The van der Waals surface area contributed by atoms with Crippen molar-refractivity contribution in [1.82, 2.24) is 5.32 Å². The standard InChI is InChI=1S/C18H21FN2O3/c1-3-24-10-4-9-21-18(23)16(12-20)17(22)11-13(2)14-5-7-15(19)8-6-14/h5-8,11,16H,3-4,9-10H2,1-2H3,(H,21,23)/b13-11+/t16-/m1/s1. The van der Waals surface area contributed by atoms with Crippen molar-refractivity contribution in [3.8, 4) is 6.07 Å². The van der Waals surface area contributed by atoms with Crippen LogP contribution in [-0.4, -0.2) is 31.4 Å². The number of halogens is 1. The number of nitrogens with one attached hydrogen (secondary N) is 1. The van der Waals surface area contributed by atoms with E-state index < -0.39 is 17.6 Å². The zero-order chi connectivity index (χ0) is 17.9. The topological polar surface area (TPSA) is 79.2 Å². The van der Waals surface area contributed by atoms with Crippen LogP contribution in [0.15, 0.2) is 30.3 Å². The van der Waals surface area contributed by atoms with Crippen LogP contribution in [0.25, 0.3) is 5.57 Å². The predicted octanol–water partition coefficient (Wildman–Crippen LogP) is 2.48. The first-order chi connectivity index (χ1) is 11.5. The average Bonchev–Trinajstić information content (AvgIpc) is 2.55. The molecule has 1 N–H and O–H groups in total. The van der Waals surface area contributed by atoms with Crippen molar-refractivity contribution in [2.75, 3.05) is 19.8 Å². The molecule has 0 aromatic heterocycles. The van der Waals surface area contributed by atoms with Gasteiger partial charge in [-0.05, 0) is 49.6 Å². The minimum atomic E-state index is -1.40. The van der Waals surface area contributed by atoms with E-state index in [1.807, 2.05) is 6.92 Å². The Hall–Kier alpha value is -2.52. The molecule has 0 bridgehead atoms. The third-order valence-corrected chi connectivity index (χ3v) is 3.30. The molecular formula is C18H21FN2O3. The molecule has 0 aliphatic carbocycles. The molecule has 1 amide bonds. The maximum atomic E-state index is 12.9. The molecule has 0 fully saturated rings. The Morgan fingerprint density at radius 3 is 2.62 bits per heavy atom. The largest absolute Gasteiger partial charge is 0.382 e. The molecule has 0 saturated heterocycles. The number of hydrogen-bond donors (Lipinski definition) is 1. The molecule has 5 nitrogen and oxygen atoms in total. The van der Waals surface area contributed by atoms with Crippen molar-refractivity contribution in [3.05, 3.63) is 41.7 Å². The summed E-state index contributed by atoms with van der Waals surface area (Å²) in [6.45, 7) is 4.98. The molecular weight excluding hydrogens is 311 g/mol. The van der Waals surface area contributed by atoms with Gasteiger partial charge < -0.3 is 10.1 Å². The third kappa shape index (κ3) is 6.31. The lowest BCUT2D eigenvalue weighted by Crippen LogP contribution is -2.35. The highest BCUT2D eigenvalue weighted by Crippen LogP contribution is 2.15. The first-order valence-corrected chi connectivity index (χ1v) is 7.72. The normalized spacial score (nSPS) is 12.3. The van der Waals surface area contributed by atoms with Crippen LogP contribution in [-0.2, 0) is 14.3 Å². The van der Waals surface area contributed by atoms with E-state index in [0.29, 0.717) is 37.3 Å². The Balaban J connectivity index is 2.65. The second kappa shape index (κ2) is 10.3. The number of rotatable bonds is 9. The highest BCUT2D eigenvalue weighted by Gasteiger charge is 2.24. The zero-order valence-corrected chi connectivity index (χ0v) is 13.8. The van der Waals surface area contributed by atoms with Gasteiger partial charge in [0, 0.05) is 19.8 Å². The molecule has 0 spiro atoms. The molecule has 0 aliphatic rings. The van der Waals surface area contributed by atoms with Crippen molar-refractivity contribution in [2.24, 2.45) is 5.92 Å². The SMILES string of the molecule is CCOCCCNC(=O)[C@H](C#N)C(=O)/C=C(\C)c1ccc(F)cc1. The summed E-state index contributed by atoms with van der Waals surface area (Å²) in [5.41, 5.74) is 1.21. The number of ketones is 1. The Bertz CT molecular complexity index is 633. The van der Waals surface area contributed by atoms with Gasteiger partial charge >= 0.3 is 0 Å². The Morgan fingerprint density at radius 1 is 1.38 bits per heavy atom.